The number of halogens is 8. The van der Waals surface area contributed by atoms with Crippen molar-refractivity contribution in [2.45, 2.75) is 21.9 Å². The van der Waals surface area contributed by atoms with E-state index in [1.807, 2.05) is 0 Å². The summed E-state index contributed by atoms with van der Waals surface area (Å²) in [5, 5.41) is -2.39. The summed E-state index contributed by atoms with van der Waals surface area (Å²) >= 11 is 15.3. The Morgan fingerprint density at radius 2 is 1.85 bits per heavy atom. The summed E-state index contributed by atoms with van der Waals surface area (Å²) in [5.41, 5.74) is -1.37. The number of alkyl halides is 5. The highest BCUT2D eigenvalue weighted by Crippen LogP contribution is 2.42. The van der Waals surface area contributed by atoms with Crippen molar-refractivity contribution in [3.8, 4) is 5.69 Å². The van der Waals surface area contributed by atoms with E-state index < -0.39 is 42.5 Å². The van der Waals surface area contributed by atoms with E-state index >= 15 is 0 Å². The number of rotatable bonds is 4. The number of hydrogen-bond donors (Lipinski definition) is 0. The molecule has 0 unspecified atom stereocenters. The monoisotopic (exact) mass is 518 g/mol. The molecule has 1 heterocycles. The molecule has 0 aliphatic rings. The van der Waals surface area contributed by atoms with Crippen LogP contribution in [0.2, 0.25) is 10.2 Å². The highest BCUT2D eigenvalue weighted by molar-refractivity contribution is 9.10. The van der Waals surface area contributed by atoms with E-state index in [1.54, 1.807) is 0 Å². The summed E-state index contributed by atoms with van der Waals surface area (Å²) < 4.78 is 89.1. The number of nitrogens with zero attached hydrogens (tertiary/aromatic N) is 2. The molecule has 2 aromatic rings. The van der Waals surface area contributed by atoms with E-state index in [1.165, 1.54) is 6.26 Å². The van der Waals surface area contributed by atoms with Crippen LogP contribution in [0.5, 0.6) is 0 Å². The smallest absolute Gasteiger partial charge is 0.273 e. The van der Waals surface area contributed by atoms with Crippen LogP contribution >= 0.6 is 50.9 Å². The molecule has 0 saturated carbocycles. The molecule has 0 radical (unpaired) electrons. The van der Waals surface area contributed by atoms with Crippen LogP contribution < -0.4 is 0 Å². The zero-order valence-electron chi connectivity index (χ0n) is 12.3. The third-order valence-corrected chi connectivity index (χ3v) is 6.39. The largest absolute Gasteiger partial charge is 0.416 e. The van der Waals surface area contributed by atoms with E-state index in [0.29, 0.717) is 16.7 Å². The zero-order chi connectivity index (χ0) is 20.0. The highest BCUT2D eigenvalue weighted by Gasteiger charge is 2.37. The maximum absolute atomic E-state index is 13.0. The fraction of sp³-hybridized carbons (Fsp3) is 0.250. The third kappa shape index (κ3) is 3.84. The van der Waals surface area contributed by atoms with Gasteiger partial charge in [0.05, 0.1) is 16.3 Å². The molecule has 0 saturated heterocycles. The van der Waals surface area contributed by atoms with Gasteiger partial charge in [0.25, 0.3) is 9.84 Å². The van der Waals surface area contributed by atoms with Gasteiger partial charge in [-0.15, -0.1) is 11.8 Å². The van der Waals surface area contributed by atoms with E-state index in [9.17, 15) is 30.4 Å². The molecule has 26 heavy (non-hydrogen) atoms. The Morgan fingerprint density at radius 3 is 2.31 bits per heavy atom. The fourth-order valence-electron chi connectivity index (χ4n) is 1.99. The lowest BCUT2D eigenvalue weighted by Gasteiger charge is -2.17. The molecule has 0 aliphatic carbocycles. The zero-order valence-corrected chi connectivity index (χ0v) is 17.0. The average Bonchev–Trinajstić information content (AvgIpc) is 2.79. The molecule has 14 heteroatoms. The summed E-state index contributed by atoms with van der Waals surface area (Å²) in [4.78, 5) is 3.45. The van der Waals surface area contributed by atoms with Crippen molar-refractivity contribution < 1.29 is 30.4 Å². The lowest BCUT2D eigenvalue weighted by molar-refractivity contribution is -0.137. The first-order chi connectivity index (χ1) is 11.8. The van der Waals surface area contributed by atoms with Crippen LogP contribution in [0, 0.1) is 0 Å². The Hall–Kier alpha value is -0.560. The average molecular weight is 520 g/mol. The van der Waals surface area contributed by atoms with Gasteiger partial charge in [0.2, 0.25) is 0 Å². The summed E-state index contributed by atoms with van der Waals surface area (Å²) in [6.07, 6.45) is -3.31. The van der Waals surface area contributed by atoms with Gasteiger partial charge in [-0.2, -0.15) is 22.0 Å². The van der Waals surface area contributed by atoms with Crippen LogP contribution in [-0.2, 0) is 16.0 Å². The Balaban J connectivity index is 2.91. The maximum atomic E-state index is 13.0. The minimum atomic E-state index is -5.23. The predicted molar refractivity (Wildman–Crippen MR) is 91.3 cm³/mol. The molecule has 1 aromatic heterocycles. The lowest BCUT2D eigenvalue weighted by atomic mass is 10.2. The normalized spacial score (nSPS) is 12.8. The van der Waals surface area contributed by atoms with Gasteiger partial charge in [-0.3, -0.25) is 4.57 Å². The van der Waals surface area contributed by atoms with Crippen LogP contribution in [0.1, 0.15) is 5.56 Å². The number of imidazole rings is 1. The molecule has 144 valence electrons. The second-order valence-corrected chi connectivity index (χ2v) is 8.78. The Kier molecular flexibility index (Phi) is 6.23. The van der Waals surface area contributed by atoms with Gasteiger partial charge in [-0.05, 0) is 34.3 Å². The second kappa shape index (κ2) is 7.46. The maximum Gasteiger partial charge on any atom is 0.416 e. The molecule has 0 amide bonds. The topological polar surface area (TPSA) is 52.0 Å². The Bertz CT molecular complexity index is 964. The molecular weight excluding hydrogens is 514 g/mol. The first kappa shape index (κ1) is 21.7. The summed E-state index contributed by atoms with van der Waals surface area (Å²) in [6.45, 7) is 0. The first-order valence-corrected chi connectivity index (χ1v) is 10.5. The van der Waals surface area contributed by atoms with Gasteiger partial charge in [-0.1, -0.05) is 23.2 Å². The predicted octanol–water partition coefficient (Wildman–Crippen LogP) is 5.68. The van der Waals surface area contributed by atoms with E-state index in [4.69, 9.17) is 23.2 Å². The van der Waals surface area contributed by atoms with Gasteiger partial charge in [0, 0.05) is 4.90 Å². The van der Waals surface area contributed by atoms with Crippen molar-refractivity contribution in [2.75, 3.05) is 6.26 Å². The molecule has 2 rings (SSSR count). The number of sulfone groups is 1. The van der Waals surface area contributed by atoms with E-state index in [-0.39, 0.29) is 15.3 Å². The second-order valence-electron chi connectivity index (χ2n) is 4.62. The quantitative estimate of drug-likeness (QED) is 0.385. The first-order valence-electron chi connectivity index (χ1n) is 6.23. The van der Waals surface area contributed by atoms with Crippen molar-refractivity contribution in [1.29, 1.82) is 0 Å². The van der Waals surface area contributed by atoms with E-state index in [0.717, 1.165) is 11.8 Å². The summed E-state index contributed by atoms with van der Waals surface area (Å²) in [6, 6.07) is 1.26. The molecule has 0 aliphatic heterocycles. The minimum Gasteiger partial charge on any atom is -0.273 e. The number of thioether (sulfide) groups is 1. The molecule has 0 spiro atoms. The van der Waals surface area contributed by atoms with Crippen molar-refractivity contribution in [3.63, 3.8) is 0 Å². The number of hydrogen-bond acceptors (Lipinski definition) is 4. The van der Waals surface area contributed by atoms with Crippen LogP contribution in [0.15, 0.2) is 26.8 Å². The molecule has 0 bridgehead atoms. The molecule has 4 nitrogen and oxygen atoms in total. The van der Waals surface area contributed by atoms with Gasteiger partial charge >= 0.3 is 11.9 Å². The summed E-state index contributed by atoms with van der Waals surface area (Å²) in [7, 11) is -5.23. The number of benzene rings is 1. The molecule has 0 N–H and O–H groups in total. The molecule has 1 aromatic carbocycles. The SMILES string of the molecule is CSc1cc(C(F)(F)F)cc(Cl)c1-n1c(Br)nc(Cl)c1S(=O)(=O)C(F)F. The van der Waals surface area contributed by atoms with Crippen molar-refractivity contribution >= 4 is 60.7 Å². The van der Waals surface area contributed by atoms with Gasteiger partial charge < -0.3 is 0 Å². The third-order valence-electron chi connectivity index (χ3n) is 3.06. The van der Waals surface area contributed by atoms with Crippen LogP contribution in [0.3, 0.4) is 0 Å². The van der Waals surface area contributed by atoms with Crippen LogP contribution in [-0.4, -0.2) is 30.0 Å². The van der Waals surface area contributed by atoms with Crippen molar-refractivity contribution in [1.82, 2.24) is 9.55 Å². The summed E-state index contributed by atoms with van der Waals surface area (Å²) in [5.74, 6) is -3.83. The molecular formula is C12H6BrCl2F5N2O2S2. The molecule has 0 fully saturated rings. The Labute approximate surface area is 166 Å². The standard InChI is InChI=1S/C12H6BrCl2F5N2O2S2/c1-25-6-3-4(12(18,19)20)2-5(14)7(6)22-9(8(15)21-10(22)13)26(23,24)11(16)17/h2-3,11H,1H3. The fourth-order valence-corrected chi connectivity index (χ4v) is 5.11. The minimum absolute atomic E-state index is 0.120. The lowest BCUT2D eigenvalue weighted by Crippen LogP contribution is -2.17. The van der Waals surface area contributed by atoms with Crippen molar-refractivity contribution in [2.24, 2.45) is 0 Å². The van der Waals surface area contributed by atoms with Crippen LogP contribution in [0.25, 0.3) is 5.69 Å². The Morgan fingerprint density at radius 1 is 1.27 bits per heavy atom. The highest BCUT2D eigenvalue weighted by atomic mass is 79.9. The van der Waals surface area contributed by atoms with Crippen molar-refractivity contribution in [3.05, 3.63) is 32.6 Å². The van der Waals surface area contributed by atoms with Gasteiger partial charge in [-0.25, -0.2) is 13.4 Å². The van der Waals surface area contributed by atoms with Gasteiger partial charge in [0.1, 0.15) is 0 Å². The van der Waals surface area contributed by atoms with Gasteiger partial charge in [0.15, 0.2) is 14.9 Å². The number of aromatic nitrogens is 2. The van der Waals surface area contributed by atoms with E-state index in [2.05, 4.69) is 20.9 Å². The molecule has 0 atom stereocenters. The van der Waals surface area contributed by atoms with Crippen LogP contribution in [0.4, 0.5) is 22.0 Å².